The van der Waals surface area contributed by atoms with Crippen LogP contribution in [0.3, 0.4) is 0 Å². The summed E-state index contributed by atoms with van der Waals surface area (Å²) in [5.74, 6) is -2.02. The van der Waals surface area contributed by atoms with Gasteiger partial charge in [0, 0.05) is 16.5 Å². The van der Waals surface area contributed by atoms with Crippen LogP contribution in [-0.4, -0.2) is 22.2 Å². The Balaban J connectivity index is 0.000000403. The second-order valence-electron chi connectivity index (χ2n) is 3.87. The second kappa shape index (κ2) is 10.0. The zero-order valence-electron chi connectivity index (χ0n) is 11.0. The molecule has 0 radical (unpaired) electrons. The molecule has 0 bridgehead atoms. The van der Waals surface area contributed by atoms with E-state index in [1.54, 1.807) is 0 Å². The van der Waals surface area contributed by atoms with E-state index in [4.69, 9.17) is 56.6 Å². The van der Waals surface area contributed by atoms with Crippen LogP contribution in [0.5, 0.6) is 0 Å². The van der Waals surface area contributed by atoms with Crippen LogP contribution in [0, 0.1) is 0 Å². The van der Waals surface area contributed by atoms with Crippen LogP contribution in [-0.2, 0) is 16.5 Å². The van der Waals surface area contributed by atoms with Gasteiger partial charge in [0.1, 0.15) is 0 Å². The molecular formula is C14H8Cl4NiO4. The van der Waals surface area contributed by atoms with E-state index in [2.05, 4.69) is 0 Å². The Labute approximate surface area is 161 Å². The molecule has 0 saturated carbocycles. The summed E-state index contributed by atoms with van der Waals surface area (Å²) < 4.78 is 0. The van der Waals surface area contributed by atoms with E-state index in [0.717, 1.165) is 0 Å². The number of hydrogen-bond acceptors (Lipinski definition) is 2. The van der Waals surface area contributed by atoms with Gasteiger partial charge in [0.25, 0.3) is 0 Å². The fraction of sp³-hybridized carbons (Fsp3) is 0. The standard InChI is InChI=1S/2C7H4Cl2O2.Ni/c2*8-5-2-1-4(7(10)11)3-6(5)9;/h2*1-3H,(H,10,11);. The number of halogens is 4. The van der Waals surface area contributed by atoms with Gasteiger partial charge in [-0.2, -0.15) is 0 Å². The van der Waals surface area contributed by atoms with Crippen molar-refractivity contribution in [3.63, 3.8) is 0 Å². The van der Waals surface area contributed by atoms with Crippen LogP contribution in [0.4, 0.5) is 0 Å². The average molecular weight is 441 g/mol. The molecule has 0 aliphatic heterocycles. The average Bonchev–Trinajstić information content (AvgIpc) is 2.45. The minimum absolute atomic E-state index is 0. The van der Waals surface area contributed by atoms with Gasteiger partial charge in [-0.05, 0) is 36.4 Å². The molecular weight excluding hydrogens is 433 g/mol. The zero-order chi connectivity index (χ0) is 16.9. The quantitative estimate of drug-likeness (QED) is 0.615. The van der Waals surface area contributed by atoms with Crippen molar-refractivity contribution in [1.29, 1.82) is 0 Å². The Morgan fingerprint density at radius 1 is 0.652 bits per heavy atom. The summed E-state index contributed by atoms with van der Waals surface area (Å²) in [5, 5.41) is 18.2. The van der Waals surface area contributed by atoms with Gasteiger partial charge in [0.15, 0.2) is 0 Å². The van der Waals surface area contributed by atoms with Gasteiger partial charge in [-0.25, -0.2) is 9.59 Å². The monoisotopic (exact) mass is 438 g/mol. The molecule has 0 aliphatic rings. The third-order valence-electron chi connectivity index (χ3n) is 2.33. The zero-order valence-corrected chi connectivity index (χ0v) is 15.0. The number of carboxylic acids is 2. The van der Waals surface area contributed by atoms with Crippen molar-refractivity contribution in [2.75, 3.05) is 0 Å². The molecule has 0 spiro atoms. The van der Waals surface area contributed by atoms with Crippen molar-refractivity contribution in [2.45, 2.75) is 0 Å². The van der Waals surface area contributed by atoms with Crippen LogP contribution < -0.4 is 0 Å². The number of benzene rings is 2. The molecule has 2 rings (SSSR count). The van der Waals surface area contributed by atoms with Crippen molar-refractivity contribution in [1.82, 2.24) is 0 Å². The van der Waals surface area contributed by atoms with E-state index in [9.17, 15) is 9.59 Å². The van der Waals surface area contributed by atoms with Crippen molar-refractivity contribution < 1.29 is 36.3 Å². The fourth-order valence-corrected chi connectivity index (χ4v) is 1.85. The van der Waals surface area contributed by atoms with E-state index in [-0.39, 0.29) is 37.7 Å². The Kier molecular flexibility index (Phi) is 9.59. The molecule has 0 heterocycles. The molecule has 0 fully saturated rings. The van der Waals surface area contributed by atoms with Gasteiger partial charge < -0.3 is 10.2 Å². The van der Waals surface area contributed by atoms with Crippen molar-refractivity contribution in [2.24, 2.45) is 0 Å². The molecule has 0 aliphatic carbocycles. The Morgan fingerprint density at radius 2 is 0.957 bits per heavy atom. The van der Waals surface area contributed by atoms with Gasteiger partial charge in [-0.1, -0.05) is 46.4 Å². The minimum atomic E-state index is -1.01. The van der Waals surface area contributed by atoms with Crippen molar-refractivity contribution in [3.8, 4) is 0 Å². The summed E-state index contributed by atoms with van der Waals surface area (Å²) in [4.78, 5) is 20.7. The molecule has 0 unspecified atom stereocenters. The van der Waals surface area contributed by atoms with Crippen LogP contribution in [0.2, 0.25) is 20.1 Å². The van der Waals surface area contributed by atoms with Crippen LogP contribution in [0.1, 0.15) is 20.7 Å². The first kappa shape index (κ1) is 22.0. The molecule has 23 heavy (non-hydrogen) atoms. The second-order valence-corrected chi connectivity index (χ2v) is 5.50. The minimum Gasteiger partial charge on any atom is -0.478 e. The molecule has 0 atom stereocenters. The van der Waals surface area contributed by atoms with Gasteiger partial charge in [0.2, 0.25) is 0 Å². The van der Waals surface area contributed by atoms with E-state index in [1.807, 2.05) is 0 Å². The first-order chi connectivity index (χ1) is 10.2. The van der Waals surface area contributed by atoms with E-state index in [0.29, 0.717) is 10.0 Å². The van der Waals surface area contributed by atoms with Crippen molar-refractivity contribution >= 4 is 58.3 Å². The molecule has 2 aromatic rings. The maximum Gasteiger partial charge on any atom is 0.335 e. The number of hydrogen-bond donors (Lipinski definition) is 2. The fourth-order valence-electron chi connectivity index (χ4n) is 1.26. The third kappa shape index (κ3) is 6.98. The molecule has 4 nitrogen and oxygen atoms in total. The van der Waals surface area contributed by atoms with E-state index >= 15 is 0 Å². The molecule has 0 amide bonds. The summed E-state index contributed by atoms with van der Waals surface area (Å²) in [6.07, 6.45) is 0. The maximum atomic E-state index is 10.4. The Hall–Kier alpha value is -0.966. The van der Waals surface area contributed by atoms with E-state index in [1.165, 1.54) is 36.4 Å². The van der Waals surface area contributed by atoms with Gasteiger partial charge >= 0.3 is 11.9 Å². The molecule has 126 valence electrons. The predicted octanol–water partition coefficient (Wildman–Crippen LogP) is 5.38. The third-order valence-corrected chi connectivity index (χ3v) is 3.81. The molecule has 0 aromatic heterocycles. The maximum absolute atomic E-state index is 10.4. The van der Waals surface area contributed by atoms with Gasteiger partial charge in [-0.15, -0.1) is 0 Å². The summed E-state index contributed by atoms with van der Waals surface area (Å²) >= 11 is 22.2. The van der Waals surface area contributed by atoms with Crippen LogP contribution >= 0.6 is 46.4 Å². The normalized spacial score (nSPS) is 9.22. The number of carboxylic acid groups (broad SMARTS) is 2. The molecule has 2 N–H and O–H groups in total. The summed E-state index contributed by atoms with van der Waals surface area (Å²) in [7, 11) is 0. The summed E-state index contributed by atoms with van der Waals surface area (Å²) in [5.41, 5.74) is 0.277. The van der Waals surface area contributed by atoms with E-state index < -0.39 is 11.9 Å². The first-order valence-electron chi connectivity index (χ1n) is 5.59. The molecule has 0 saturated heterocycles. The smallest absolute Gasteiger partial charge is 0.335 e. The molecule has 2 aromatic carbocycles. The summed E-state index contributed by atoms with van der Waals surface area (Å²) in [6, 6.07) is 8.33. The van der Waals surface area contributed by atoms with Gasteiger partial charge in [0.05, 0.1) is 31.2 Å². The Bertz CT molecular complexity index is 660. The Morgan fingerprint density at radius 3 is 1.17 bits per heavy atom. The number of rotatable bonds is 2. The largest absolute Gasteiger partial charge is 0.478 e. The number of aromatic carboxylic acids is 2. The SMILES string of the molecule is O=C(O)c1ccc(Cl)c(Cl)c1.O=C(O)c1ccc(Cl)c(Cl)c1.[Ni]. The number of carbonyl (C=O) groups is 2. The van der Waals surface area contributed by atoms with Gasteiger partial charge in [-0.3, -0.25) is 0 Å². The summed E-state index contributed by atoms with van der Waals surface area (Å²) in [6.45, 7) is 0. The topological polar surface area (TPSA) is 74.6 Å². The predicted molar refractivity (Wildman–Crippen MR) is 86.8 cm³/mol. The molecule has 9 heteroatoms. The first-order valence-corrected chi connectivity index (χ1v) is 7.10. The van der Waals surface area contributed by atoms with Crippen LogP contribution in [0.25, 0.3) is 0 Å². The van der Waals surface area contributed by atoms with Crippen LogP contribution in [0.15, 0.2) is 36.4 Å². The van der Waals surface area contributed by atoms with Crippen molar-refractivity contribution in [3.05, 3.63) is 67.6 Å².